The van der Waals surface area contributed by atoms with Gasteiger partial charge in [-0.25, -0.2) is 0 Å². The quantitative estimate of drug-likeness (QED) is 0.307. The van der Waals surface area contributed by atoms with Crippen molar-refractivity contribution in [1.29, 1.82) is 0 Å². The standard InChI is InChI=1S/AsH3.Na.2H2O/h1H3;;2*1H2/q;+1;;/p-1. The second-order valence-corrected chi connectivity index (χ2v) is 0. The molecule has 4 heteroatoms. The minimum atomic E-state index is 0. The molecule has 0 heterocycles. The SMILES string of the molecule is O.[AsH3].[Na+].[OH-]. The van der Waals surface area contributed by atoms with E-state index in [4.69, 9.17) is 0 Å². The van der Waals surface area contributed by atoms with Gasteiger partial charge in [0.05, 0.1) is 0 Å². The Morgan fingerprint density at radius 3 is 1.00 bits per heavy atom. The zero-order chi connectivity index (χ0) is 0. The summed E-state index contributed by atoms with van der Waals surface area (Å²) in [5.41, 5.74) is 0. The molecule has 0 spiro atoms. The average molecular weight is 136 g/mol. The van der Waals surface area contributed by atoms with Gasteiger partial charge in [0.2, 0.25) is 0 Å². The Labute approximate surface area is 58.2 Å². The zero-order valence-corrected chi connectivity index (χ0v) is 7.62. The monoisotopic (exact) mass is 136 g/mol. The molecule has 0 rings (SSSR count). The van der Waals surface area contributed by atoms with Crippen molar-refractivity contribution in [2.24, 2.45) is 0 Å². The summed E-state index contributed by atoms with van der Waals surface area (Å²) in [7, 11) is 0. The summed E-state index contributed by atoms with van der Waals surface area (Å²) in [6.07, 6.45) is 0. The van der Waals surface area contributed by atoms with E-state index >= 15 is 0 Å². The Morgan fingerprint density at radius 1 is 1.00 bits per heavy atom. The largest absolute Gasteiger partial charge is 1.00 e. The molecule has 0 aliphatic carbocycles. The molecule has 0 aromatic carbocycles. The maximum Gasteiger partial charge on any atom is 1.00 e. The van der Waals surface area contributed by atoms with Gasteiger partial charge in [0, 0.05) is 0 Å². The molecule has 24 valence electrons. The van der Waals surface area contributed by atoms with Crippen molar-refractivity contribution in [3.8, 4) is 0 Å². The fourth-order valence-electron chi connectivity index (χ4n) is 0. The van der Waals surface area contributed by atoms with Crippen LogP contribution in [0, 0.1) is 0 Å². The summed E-state index contributed by atoms with van der Waals surface area (Å²) < 4.78 is 0. The van der Waals surface area contributed by atoms with Gasteiger partial charge in [-0.2, -0.15) is 0 Å². The molecule has 0 aromatic heterocycles. The third-order valence-corrected chi connectivity index (χ3v) is 0. The third kappa shape index (κ3) is 9.78. The summed E-state index contributed by atoms with van der Waals surface area (Å²) >= 11 is 0. The summed E-state index contributed by atoms with van der Waals surface area (Å²) in [4.78, 5) is 0. The first-order chi connectivity index (χ1) is 0. The Balaban J connectivity index is 0. The molecule has 0 aliphatic heterocycles. The molecule has 0 radical (unpaired) electrons. The van der Waals surface area contributed by atoms with Gasteiger partial charge in [0.15, 0.2) is 0 Å². The van der Waals surface area contributed by atoms with Crippen molar-refractivity contribution in [2.75, 3.05) is 0 Å². The summed E-state index contributed by atoms with van der Waals surface area (Å²) in [6, 6.07) is 0. The molecule has 0 bridgehead atoms. The van der Waals surface area contributed by atoms with Crippen molar-refractivity contribution in [3.05, 3.63) is 0 Å². The fraction of sp³-hybridized carbons (Fsp3) is 0. The zero-order valence-electron chi connectivity index (χ0n) is 2.65. The first-order valence-electron chi connectivity index (χ1n) is 0. The van der Waals surface area contributed by atoms with Crippen LogP contribution in [-0.2, 0) is 0 Å². The van der Waals surface area contributed by atoms with Crippen LogP contribution in [0.2, 0.25) is 0 Å². The maximum atomic E-state index is 0. The van der Waals surface area contributed by atoms with E-state index in [2.05, 4.69) is 0 Å². The molecule has 0 fully saturated rings. The van der Waals surface area contributed by atoms with Crippen LogP contribution in [0.1, 0.15) is 0 Å². The predicted molar refractivity (Wildman–Crippen MR) is 15.5 cm³/mol. The van der Waals surface area contributed by atoms with E-state index in [0.29, 0.717) is 0 Å². The minimum Gasteiger partial charge on any atom is -0.870 e. The summed E-state index contributed by atoms with van der Waals surface area (Å²) in [5, 5.41) is 0. The normalized spacial score (nSPS) is 0. The van der Waals surface area contributed by atoms with Crippen molar-refractivity contribution in [3.63, 3.8) is 0 Å². The van der Waals surface area contributed by atoms with Gasteiger partial charge in [-0.15, -0.1) is 0 Å². The third-order valence-electron chi connectivity index (χ3n) is 0. The Hall–Kier alpha value is 1.48. The van der Waals surface area contributed by atoms with Crippen LogP contribution in [0.15, 0.2) is 0 Å². The van der Waals surface area contributed by atoms with Gasteiger partial charge in [-0.1, -0.05) is 0 Å². The molecule has 0 aliphatic rings. The molecule has 0 aromatic rings. The van der Waals surface area contributed by atoms with E-state index in [9.17, 15) is 0 Å². The van der Waals surface area contributed by atoms with E-state index in [0.717, 1.165) is 0 Å². The van der Waals surface area contributed by atoms with Crippen LogP contribution < -0.4 is 29.6 Å². The van der Waals surface area contributed by atoms with Crippen molar-refractivity contribution >= 4 is 18.0 Å². The van der Waals surface area contributed by atoms with Crippen LogP contribution in [0.3, 0.4) is 0 Å². The minimum absolute atomic E-state index is 0. The average Bonchev–Trinajstić information content (AvgIpc) is 0. The van der Waals surface area contributed by atoms with Gasteiger partial charge < -0.3 is 11.0 Å². The molecule has 1 unspecified atom stereocenters. The molecular formula is H6AsNaO2. The molecule has 0 amide bonds. The van der Waals surface area contributed by atoms with Crippen LogP contribution in [0.5, 0.6) is 0 Å². The predicted octanol–water partition coefficient (Wildman–Crippen LogP) is -5.18. The van der Waals surface area contributed by atoms with Gasteiger partial charge >= 0.3 is 47.5 Å². The number of hydrogen-bond donors (Lipinski definition) is 0. The van der Waals surface area contributed by atoms with Crippen molar-refractivity contribution in [1.82, 2.24) is 0 Å². The Morgan fingerprint density at radius 2 is 1.00 bits per heavy atom. The van der Waals surface area contributed by atoms with Crippen LogP contribution in [-0.4, -0.2) is 28.9 Å². The van der Waals surface area contributed by atoms with E-state index in [1.165, 1.54) is 0 Å². The topological polar surface area (TPSA) is 61.5 Å². The molecule has 4 heavy (non-hydrogen) atoms. The van der Waals surface area contributed by atoms with Crippen LogP contribution in [0.25, 0.3) is 0 Å². The van der Waals surface area contributed by atoms with Gasteiger partial charge in [0.1, 0.15) is 0 Å². The molecular weight excluding hydrogens is 130 g/mol. The van der Waals surface area contributed by atoms with E-state index in [-0.39, 0.29) is 58.5 Å². The van der Waals surface area contributed by atoms with Crippen molar-refractivity contribution in [2.45, 2.75) is 0 Å². The number of rotatable bonds is 0. The molecule has 1 atom stereocenters. The summed E-state index contributed by atoms with van der Waals surface area (Å²) in [5.74, 6) is 0. The second kappa shape index (κ2) is 24.8. The number of hydrogen-bond acceptors (Lipinski definition) is 1. The van der Waals surface area contributed by atoms with Crippen LogP contribution >= 0.6 is 0 Å². The first kappa shape index (κ1) is 50.3. The molecule has 3 N–H and O–H groups in total. The van der Waals surface area contributed by atoms with Gasteiger partial charge in [-0.3, -0.25) is 0 Å². The fourth-order valence-corrected chi connectivity index (χ4v) is 0. The second-order valence-electron chi connectivity index (χ2n) is 0. The maximum absolute atomic E-state index is 0. The van der Waals surface area contributed by atoms with Gasteiger partial charge in [0.25, 0.3) is 0 Å². The van der Waals surface area contributed by atoms with E-state index < -0.39 is 0 Å². The van der Waals surface area contributed by atoms with Crippen molar-refractivity contribution < 1.29 is 40.5 Å². The smallest absolute Gasteiger partial charge is 0.870 e. The summed E-state index contributed by atoms with van der Waals surface area (Å²) in [6.45, 7) is 0. The molecule has 0 saturated carbocycles. The first-order valence-corrected chi connectivity index (χ1v) is 0. The molecule has 0 saturated heterocycles. The van der Waals surface area contributed by atoms with E-state index in [1.54, 1.807) is 0 Å². The van der Waals surface area contributed by atoms with E-state index in [1.807, 2.05) is 0 Å². The van der Waals surface area contributed by atoms with Crippen LogP contribution in [0.4, 0.5) is 0 Å². The van der Waals surface area contributed by atoms with Gasteiger partial charge in [-0.05, 0) is 0 Å². The Bertz CT molecular complexity index is 6.00. The molecule has 2 nitrogen and oxygen atoms in total. The Kier molecular flexibility index (Phi) is 312.